The van der Waals surface area contributed by atoms with E-state index < -0.39 is 15.6 Å². The van der Waals surface area contributed by atoms with Crippen molar-refractivity contribution in [3.63, 3.8) is 0 Å². The highest BCUT2D eigenvalue weighted by Gasteiger charge is 2.44. The van der Waals surface area contributed by atoms with Gasteiger partial charge in [-0.1, -0.05) is 32.4 Å². The molecule has 0 saturated carbocycles. The highest BCUT2D eigenvalue weighted by atomic mass is 32.2. The van der Waals surface area contributed by atoms with Crippen molar-refractivity contribution in [1.29, 1.82) is 0 Å². The van der Waals surface area contributed by atoms with Crippen LogP contribution in [0.25, 0.3) is 10.9 Å². The second-order valence-corrected chi connectivity index (χ2v) is 9.10. The SMILES string of the molecule is CCCCN1CCC(c2cc3cccc(OCCC)c3[nH]2)CC1.O=S(=O)(O)C(F)(F)F. The zero-order valence-corrected chi connectivity index (χ0v) is 18.7. The van der Waals surface area contributed by atoms with Crippen molar-refractivity contribution in [1.82, 2.24) is 9.88 Å². The van der Waals surface area contributed by atoms with Crippen LogP contribution in [0, 0.1) is 0 Å². The fourth-order valence-corrected chi connectivity index (χ4v) is 3.55. The molecule has 10 heteroatoms. The number of H-pyrrole nitrogens is 1. The summed E-state index contributed by atoms with van der Waals surface area (Å²) in [5.74, 6) is 1.66. The number of hydrogen-bond acceptors (Lipinski definition) is 4. The summed E-state index contributed by atoms with van der Waals surface area (Å²) in [5, 5.41) is 1.28. The molecular formula is C21H31F3N2O4S. The predicted octanol–water partition coefficient (Wildman–Crippen LogP) is 5.33. The Morgan fingerprint density at radius 1 is 1.19 bits per heavy atom. The number of benzene rings is 1. The number of fused-ring (bicyclic) bond motifs is 1. The molecule has 6 nitrogen and oxygen atoms in total. The van der Waals surface area contributed by atoms with Gasteiger partial charge in [0.15, 0.2) is 0 Å². The molecule has 1 aliphatic heterocycles. The van der Waals surface area contributed by atoms with Gasteiger partial charge in [0.2, 0.25) is 0 Å². The number of ether oxygens (including phenoxy) is 1. The summed E-state index contributed by atoms with van der Waals surface area (Å²) in [7, 11) is -5.84. The number of alkyl halides is 3. The number of aromatic amines is 1. The van der Waals surface area contributed by atoms with Gasteiger partial charge in [-0.3, -0.25) is 4.55 Å². The molecule has 0 spiro atoms. The van der Waals surface area contributed by atoms with Crippen LogP contribution in [0.2, 0.25) is 0 Å². The van der Waals surface area contributed by atoms with Crippen LogP contribution in [0.15, 0.2) is 24.3 Å². The Morgan fingerprint density at radius 3 is 2.39 bits per heavy atom. The predicted molar refractivity (Wildman–Crippen MR) is 115 cm³/mol. The second kappa shape index (κ2) is 11.2. The lowest BCUT2D eigenvalue weighted by atomic mass is 9.93. The summed E-state index contributed by atoms with van der Waals surface area (Å²) in [4.78, 5) is 6.28. The van der Waals surface area contributed by atoms with Gasteiger partial charge < -0.3 is 14.6 Å². The summed E-state index contributed by atoms with van der Waals surface area (Å²) in [6.45, 7) is 8.94. The Morgan fingerprint density at radius 2 is 1.84 bits per heavy atom. The minimum atomic E-state index is -5.84. The summed E-state index contributed by atoms with van der Waals surface area (Å²) >= 11 is 0. The van der Waals surface area contributed by atoms with Crippen molar-refractivity contribution in [3.05, 3.63) is 30.0 Å². The number of likely N-dealkylation sites (tertiary alicyclic amines) is 1. The number of para-hydroxylation sites is 1. The molecule has 1 fully saturated rings. The molecule has 0 radical (unpaired) electrons. The molecule has 0 bridgehead atoms. The molecule has 0 unspecified atom stereocenters. The Balaban J connectivity index is 0.000000366. The van der Waals surface area contributed by atoms with E-state index in [2.05, 4.69) is 48.0 Å². The van der Waals surface area contributed by atoms with Crippen molar-refractivity contribution in [2.24, 2.45) is 0 Å². The van der Waals surface area contributed by atoms with Gasteiger partial charge in [-0.05, 0) is 57.5 Å². The van der Waals surface area contributed by atoms with Crippen LogP contribution in [-0.4, -0.2) is 54.6 Å². The molecule has 2 N–H and O–H groups in total. The summed E-state index contributed by atoms with van der Waals surface area (Å²) in [5.41, 5.74) is -2.97. The fourth-order valence-electron chi connectivity index (χ4n) is 3.55. The zero-order chi connectivity index (χ0) is 23.1. The maximum atomic E-state index is 10.7. The number of hydrogen-bond donors (Lipinski definition) is 2. The van der Waals surface area contributed by atoms with E-state index in [-0.39, 0.29) is 0 Å². The van der Waals surface area contributed by atoms with Crippen molar-refractivity contribution in [2.75, 3.05) is 26.2 Å². The van der Waals surface area contributed by atoms with Crippen LogP contribution < -0.4 is 4.74 Å². The number of unbranched alkanes of at least 4 members (excludes halogenated alkanes) is 1. The minimum Gasteiger partial charge on any atom is -0.491 e. The van der Waals surface area contributed by atoms with Gasteiger partial charge in [0.1, 0.15) is 5.75 Å². The van der Waals surface area contributed by atoms with Crippen molar-refractivity contribution in [3.8, 4) is 5.75 Å². The molecule has 2 aromatic rings. The van der Waals surface area contributed by atoms with E-state index in [4.69, 9.17) is 17.7 Å². The third kappa shape index (κ3) is 7.40. The highest BCUT2D eigenvalue weighted by Crippen LogP contribution is 2.33. The molecule has 0 aliphatic carbocycles. The second-order valence-electron chi connectivity index (χ2n) is 7.68. The van der Waals surface area contributed by atoms with Crippen molar-refractivity contribution >= 4 is 21.0 Å². The molecule has 2 heterocycles. The topological polar surface area (TPSA) is 82.6 Å². The number of nitrogens with zero attached hydrogens (tertiary/aromatic N) is 1. The maximum Gasteiger partial charge on any atom is 0.522 e. The van der Waals surface area contributed by atoms with Gasteiger partial charge in [-0.15, -0.1) is 0 Å². The fraction of sp³-hybridized carbons (Fsp3) is 0.619. The van der Waals surface area contributed by atoms with E-state index in [0.29, 0.717) is 5.92 Å². The van der Waals surface area contributed by atoms with Crippen LogP contribution in [0.5, 0.6) is 5.75 Å². The standard InChI is InChI=1S/C20H30N2O.CHF3O3S/c1-3-5-11-22-12-9-16(10-13-22)18-15-17-7-6-8-19(20(17)21-18)23-14-4-2;2-1(3,4)8(5,6)7/h6-8,15-16,21H,3-5,9-14H2,1-2H3;(H,5,6,7). The van der Waals surface area contributed by atoms with Crippen LogP contribution in [0.1, 0.15) is 57.6 Å². The molecule has 1 aromatic carbocycles. The van der Waals surface area contributed by atoms with Crippen molar-refractivity contribution in [2.45, 2.75) is 57.4 Å². The highest BCUT2D eigenvalue weighted by molar-refractivity contribution is 7.86. The Bertz CT molecular complexity index is 920. The van der Waals surface area contributed by atoms with E-state index in [1.54, 1.807) is 0 Å². The normalized spacial score (nSPS) is 16.2. The Hall–Kier alpha value is -1.78. The van der Waals surface area contributed by atoms with Crippen LogP contribution >= 0.6 is 0 Å². The van der Waals surface area contributed by atoms with Crippen LogP contribution in [0.3, 0.4) is 0 Å². The Kier molecular flexibility index (Phi) is 9.20. The lowest BCUT2D eigenvalue weighted by Gasteiger charge is -2.31. The van der Waals surface area contributed by atoms with Gasteiger partial charge in [-0.25, -0.2) is 0 Å². The lowest BCUT2D eigenvalue weighted by Crippen LogP contribution is -2.33. The average molecular weight is 465 g/mol. The van der Waals surface area contributed by atoms with Gasteiger partial charge in [0.05, 0.1) is 12.1 Å². The number of aromatic nitrogens is 1. The number of rotatable bonds is 7. The van der Waals surface area contributed by atoms with Crippen molar-refractivity contribution < 1.29 is 30.9 Å². The largest absolute Gasteiger partial charge is 0.522 e. The first-order valence-corrected chi connectivity index (χ1v) is 12.0. The quantitative estimate of drug-likeness (QED) is 0.428. The third-order valence-electron chi connectivity index (χ3n) is 5.25. The summed E-state index contributed by atoms with van der Waals surface area (Å²) in [6.07, 6.45) is 6.20. The summed E-state index contributed by atoms with van der Waals surface area (Å²) in [6, 6.07) is 8.69. The monoisotopic (exact) mass is 464 g/mol. The molecular weight excluding hydrogens is 433 g/mol. The minimum absolute atomic E-state index is 0.666. The third-order valence-corrected chi connectivity index (χ3v) is 5.83. The lowest BCUT2D eigenvalue weighted by molar-refractivity contribution is -0.0510. The van der Waals surface area contributed by atoms with E-state index in [9.17, 15) is 13.2 Å². The molecule has 1 aromatic heterocycles. The Labute approximate surface area is 181 Å². The summed E-state index contributed by atoms with van der Waals surface area (Å²) < 4.78 is 63.4. The van der Waals surface area contributed by atoms with Gasteiger partial charge in [0, 0.05) is 17.0 Å². The van der Waals surface area contributed by atoms with E-state index in [1.807, 2.05) is 0 Å². The van der Waals surface area contributed by atoms with Gasteiger partial charge in [0.25, 0.3) is 0 Å². The molecule has 0 atom stereocenters. The molecule has 0 amide bonds. The smallest absolute Gasteiger partial charge is 0.491 e. The van der Waals surface area contributed by atoms with Gasteiger partial charge >= 0.3 is 15.6 Å². The van der Waals surface area contributed by atoms with E-state index in [1.165, 1.54) is 61.9 Å². The first-order valence-electron chi connectivity index (χ1n) is 10.6. The molecule has 1 saturated heterocycles. The van der Waals surface area contributed by atoms with Crippen LogP contribution in [-0.2, 0) is 10.1 Å². The zero-order valence-electron chi connectivity index (χ0n) is 17.9. The number of nitrogens with one attached hydrogen (secondary N) is 1. The maximum absolute atomic E-state index is 10.7. The van der Waals surface area contributed by atoms with E-state index in [0.717, 1.165) is 18.8 Å². The van der Waals surface area contributed by atoms with E-state index >= 15 is 0 Å². The van der Waals surface area contributed by atoms with Crippen LogP contribution in [0.4, 0.5) is 13.2 Å². The molecule has 3 rings (SSSR count). The first-order chi connectivity index (χ1) is 14.6. The average Bonchev–Trinajstić information content (AvgIpc) is 3.15. The molecule has 176 valence electrons. The molecule has 1 aliphatic rings. The number of piperidine rings is 1. The van der Waals surface area contributed by atoms with Gasteiger partial charge in [-0.2, -0.15) is 21.6 Å². The first kappa shape index (κ1) is 25.5. The molecule has 31 heavy (non-hydrogen) atoms. The number of halogens is 3.